The van der Waals surface area contributed by atoms with E-state index in [1.807, 2.05) is 55.5 Å². The highest BCUT2D eigenvalue weighted by molar-refractivity contribution is 5.80. The number of carbonyl (C=O) groups excluding carboxylic acids is 1. The molecule has 164 valence electrons. The van der Waals surface area contributed by atoms with Gasteiger partial charge in [0.15, 0.2) is 0 Å². The molecular formula is C24H24N4O4. The lowest BCUT2D eigenvalue weighted by Gasteiger charge is -2.08. The van der Waals surface area contributed by atoms with Crippen LogP contribution in [0.1, 0.15) is 12.5 Å². The zero-order valence-electron chi connectivity index (χ0n) is 17.9. The number of methoxy groups -OCH3 is 1. The molecule has 0 fully saturated rings. The summed E-state index contributed by atoms with van der Waals surface area (Å²) in [5.74, 6) is 1.51. The van der Waals surface area contributed by atoms with Gasteiger partial charge in [-0.05, 0) is 36.8 Å². The third-order valence-corrected chi connectivity index (χ3v) is 5.09. The number of imidazole rings is 1. The molecule has 2 aromatic carbocycles. The Hall–Kier alpha value is -4.07. The number of benzene rings is 2. The zero-order valence-corrected chi connectivity index (χ0v) is 17.9. The van der Waals surface area contributed by atoms with Crippen molar-refractivity contribution in [1.82, 2.24) is 19.4 Å². The van der Waals surface area contributed by atoms with Crippen LogP contribution in [0.5, 0.6) is 17.4 Å². The van der Waals surface area contributed by atoms with Gasteiger partial charge >= 0.3 is 5.69 Å². The summed E-state index contributed by atoms with van der Waals surface area (Å²) in [4.78, 5) is 29.5. The Balaban J connectivity index is 1.38. The average molecular weight is 432 g/mol. The first-order valence-electron chi connectivity index (χ1n) is 10.3. The van der Waals surface area contributed by atoms with Crippen LogP contribution in [0.4, 0.5) is 0 Å². The van der Waals surface area contributed by atoms with Gasteiger partial charge in [0, 0.05) is 31.4 Å². The lowest BCUT2D eigenvalue weighted by molar-refractivity contribution is -0.121. The minimum absolute atomic E-state index is 0.0448. The first-order valence-corrected chi connectivity index (χ1v) is 10.3. The van der Waals surface area contributed by atoms with Crippen molar-refractivity contribution in [2.24, 2.45) is 0 Å². The van der Waals surface area contributed by atoms with Gasteiger partial charge in [0.05, 0.1) is 18.1 Å². The number of hydrogen-bond donors (Lipinski definition) is 1. The van der Waals surface area contributed by atoms with E-state index in [-0.39, 0.29) is 18.1 Å². The summed E-state index contributed by atoms with van der Waals surface area (Å²) in [5, 5.41) is 2.85. The summed E-state index contributed by atoms with van der Waals surface area (Å²) in [6, 6.07) is 18.3. The predicted molar refractivity (Wildman–Crippen MR) is 121 cm³/mol. The van der Waals surface area contributed by atoms with Crippen LogP contribution in [-0.2, 0) is 24.4 Å². The number of para-hydroxylation sites is 2. The minimum Gasteiger partial charge on any atom is -0.497 e. The second-order valence-electron chi connectivity index (χ2n) is 7.16. The quantitative estimate of drug-likeness (QED) is 0.461. The van der Waals surface area contributed by atoms with E-state index in [1.165, 1.54) is 4.57 Å². The molecule has 8 nitrogen and oxygen atoms in total. The molecule has 0 radical (unpaired) electrons. The molecule has 4 rings (SSSR count). The van der Waals surface area contributed by atoms with Gasteiger partial charge in [0.2, 0.25) is 11.8 Å². The summed E-state index contributed by atoms with van der Waals surface area (Å²) < 4.78 is 14.1. The Bertz CT molecular complexity index is 1290. The number of fused-ring (bicyclic) bond motifs is 1. The molecule has 1 N–H and O–H groups in total. The lowest BCUT2D eigenvalue weighted by Crippen LogP contribution is -2.32. The summed E-state index contributed by atoms with van der Waals surface area (Å²) >= 11 is 0. The van der Waals surface area contributed by atoms with E-state index in [0.29, 0.717) is 30.5 Å². The summed E-state index contributed by atoms with van der Waals surface area (Å²) in [6.45, 7) is 2.71. The molecule has 4 aromatic rings. The van der Waals surface area contributed by atoms with Crippen molar-refractivity contribution in [2.45, 2.75) is 26.6 Å². The monoisotopic (exact) mass is 432 g/mol. The van der Waals surface area contributed by atoms with Gasteiger partial charge in [0.25, 0.3) is 0 Å². The topological polar surface area (TPSA) is 87.4 Å². The van der Waals surface area contributed by atoms with Crippen molar-refractivity contribution >= 4 is 16.9 Å². The first kappa shape index (κ1) is 21.2. The van der Waals surface area contributed by atoms with Crippen molar-refractivity contribution in [3.8, 4) is 17.4 Å². The van der Waals surface area contributed by atoms with Gasteiger partial charge in [-0.1, -0.05) is 24.3 Å². The van der Waals surface area contributed by atoms with Crippen molar-refractivity contribution < 1.29 is 14.3 Å². The fraction of sp³-hybridized carbons (Fsp3) is 0.208. The number of amides is 1. The molecule has 32 heavy (non-hydrogen) atoms. The number of hydrogen-bond acceptors (Lipinski definition) is 5. The molecule has 0 atom stereocenters. The van der Waals surface area contributed by atoms with Crippen LogP contribution in [0.15, 0.2) is 71.7 Å². The highest BCUT2D eigenvalue weighted by atomic mass is 16.5. The highest BCUT2D eigenvalue weighted by Crippen LogP contribution is 2.23. The van der Waals surface area contributed by atoms with Gasteiger partial charge in [-0.3, -0.25) is 13.9 Å². The van der Waals surface area contributed by atoms with Crippen LogP contribution in [0.2, 0.25) is 0 Å². The first-order chi connectivity index (χ1) is 15.6. The Morgan fingerprint density at radius 3 is 2.44 bits per heavy atom. The molecule has 0 saturated heterocycles. The zero-order chi connectivity index (χ0) is 22.5. The van der Waals surface area contributed by atoms with Crippen LogP contribution in [0.25, 0.3) is 11.0 Å². The molecule has 0 aliphatic heterocycles. The van der Waals surface area contributed by atoms with Gasteiger partial charge in [0.1, 0.15) is 18.0 Å². The number of aryl methyl sites for hydroxylation is 1. The fourth-order valence-corrected chi connectivity index (χ4v) is 3.49. The standard InChI is InChI=1S/C24H24N4O4/c1-3-27-20-9-4-5-10-21(20)28(24(27)30)16-22(29)25-14-17-11-12-23(26-15-17)32-19-8-6-7-18(13-19)31-2/h4-13,15H,3,14,16H2,1-2H3,(H,25,29). The maximum absolute atomic E-state index is 12.7. The number of nitrogens with zero attached hydrogens (tertiary/aromatic N) is 3. The van der Waals surface area contributed by atoms with E-state index in [2.05, 4.69) is 10.3 Å². The number of aromatic nitrogens is 3. The molecular weight excluding hydrogens is 408 g/mol. The van der Waals surface area contributed by atoms with Gasteiger partial charge in [-0.25, -0.2) is 9.78 Å². The van der Waals surface area contributed by atoms with Gasteiger partial charge < -0.3 is 14.8 Å². The smallest absolute Gasteiger partial charge is 0.329 e. The Labute approximate surface area is 185 Å². The van der Waals surface area contributed by atoms with Crippen LogP contribution < -0.4 is 20.5 Å². The molecule has 0 spiro atoms. The van der Waals surface area contributed by atoms with Crippen LogP contribution in [0.3, 0.4) is 0 Å². The van der Waals surface area contributed by atoms with E-state index in [0.717, 1.165) is 16.6 Å². The Morgan fingerprint density at radius 2 is 1.75 bits per heavy atom. The van der Waals surface area contributed by atoms with E-state index in [4.69, 9.17) is 9.47 Å². The lowest BCUT2D eigenvalue weighted by atomic mass is 10.3. The molecule has 2 heterocycles. The number of carbonyl (C=O) groups is 1. The third-order valence-electron chi connectivity index (χ3n) is 5.09. The van der Waals surface area contributed by atoms with Crippen molar-refractivity contribution in [3.05, 3.63) is 82.9 Å². The second kappa shape index (κ2) is 9.38. The summed E-state index contributed by atoms with van der Waals surface area (Å²) in [6.07, 6.45) is 1.64. The third kappa shape index (κ3) is 4.49. The largest absolute Gasteiger partial charge is 0.497 e. The highest BCUT2D eigenvalue weighted by Gasteiger charge is 2.14. The van der Waals surface area contributed by atoms with Gasteiger partial charge in [-0.2, -0.15) is 0 Å². The molecule has 0 aliphatic rings. The van der Waals surface area contributed by atoms with Crippen molar-refractivity contribution in [1.29, 1.82) is 0 Å². The van der Waals surface area contributed by atoms with Crippen LogP contribution >= 0.6 is 0 Å². The van der Waals surface area contributed by atoms with Crippen LogP contribution in [-0.4, -0.2) is 27.1 Å². The maximum atomic E-state index is 12.7. The number of ether oxygens (including phenoxy) is 2. The van der Waals surface area contributed by atoms with E-state index in [9.17, 15) is 9.59 Å². The number of pyridine rings is 1. The summed E-state index contributed by atoms with van der Waals surface area (Å²) in [5.41, 5.74) is 2.20. The Kier molecular flexibility index (Phi) is 6.21. The molecule has 0 saturated carbocycles. The van der Waals surface area contributed by atoms with Crippen LogP contribution in [0, 0.1) is 0 Å². The summed E-state index contributed by atoms with van der Waals surface area (Å²) in [7, 11) is 1.60. The molecule has 0 unspecified atom stereocenters. The molecule has 0 aliphatic carbocycles. The van der Waals surface area contributed by atoms with E-state index >= 15 is 0 Å². The molecule has 2 aromatic heterocycles. The van der Waals surface area contributed by atoms with Crippen molar-refractivity contribution in [2.75, 3.05) is 7.11 Å². The van der Waals surface area contributed by atoms with E-state index in [1.54, 1.807) is 30.0 Å². The van der Waals surface area contributed by atoms with Crippen molar-refractivity contribution in [3.63, 3.8) is 0 Å². The minimum atomic E-state index is -0.247. The fourth-order valence-electron chi connectivity index (χ4n) is 3.49. The van der Waals surface area contributed by atoms with Gasteiger partial charge in [-0.15, -0.1) is 0 Å². The maximum Gasteiger partial charge on any atom is 0.329 e. The second-order valence-corrected chi connectivity index (χ2v) is 7.16. The van der Waals surface area contributed by atoms with E-state index < -0.39 is 0 Å². The normalized spacial score (nSPS) is 10.8. The SMILES string of the molecule is CCn1c(=O)n(CC(=O)NCc2ccc(Oc3cccc(OC)c3)nc2)c2ccccc21. The Morgan fingerprint density at radius 1 is 1.00 bits per heavy atom. The molecule has 1 amide bonds. The predicted octanol–water partition coefficient (Wildman–Crippen LogP) is 3.34. The molecule has 8 heteroatoms. The molecule has 0 bridgehead atoms. The number of rotatable bonds is 8. The average Bonchev–Trinajstić information content (AvgIpc) is 3.09. The number of nitrogens with one attached hydrogen (secondary N) is 1.